The highest BCUT2D eigenvalue weighted by Crippen LogP contribution is 2.25. The summed E-state index contributed by atoms with van der Waals surface area (Å²) in [5.41, 5.74) is 0.405. The number of hydrogen-bond donors (Lipinski definition) is 1. The van der Waals surface area contributed by atoms with Crippen molar-refractivity contribution in [1.82, 2.24) is 0 Å². The van der Waals surface area contributed by atoms with Crippen LogP contribution in [0.2, 0.25) is 0 Å². The number of hydrogen-bond acceptors (Lipinski definition) is 5. The molecule has 7 heteroatoms. The Hall–Kier alpha value is -3.09. The van der Waals surface area contributed by atoms with Crippen LogP contribution in [0, 0.1) is 5.82 Å². The van der Waals surface area contributed by atoms with Gasteiger partial charge in [0.25, 0.3) is 5.91 Å². The molecular weight excluding hydrogens is 317 g/mol. The number of carbonyl (C=O) groups excluding carboxylic acids is 2. The summed E-state index contributed by atoms with van der Waals surface area (Å²) in [7, 11) is 1.49. The highest BCUT2D eigenvalue weighted by atomic mass is 19.1. The van der Waals surface area contributed by atoms with E-state index in [1.807, 2.05) is 0 Å². The molecule has 0 aliphatic carbocycles. The van der Waals surface area contributed by atoms with Gasteiger partial charge in [0.2, 0.25) is 0 Å². The Kier molecular flexibility index (Phi) is 6.13. The fraction of sp³-hybridized carbons (Fsp3) is 0.176. The second-order valence-corrected chi connectivity index (χ2v) is 4.66. The van der Waals surface area contributed by atoms with Crippen molar-refractivity contribution in [3.05, 3.63) is 54.3 Å². The van der Waals surface area contributed by atoms with E-state index in [1.54, 1.807) is 24.3 Å². The number of amides is 1. The lowest BCUT2D eigenvalue weighted by molar-refractivity contribution is -0.149. The Labute approximate surface area is 138 Å². The number of ether oxygens (including phenoxy) is 3. The van der Waals surface area contributed by atoms with Crippen LogP contribution in [0.3, 0.4) is 0 Å². The number of halogens is 1. The Morgan fingerprint density at radius 1 is 1.00 bits per heavy atom. The molecule has 126 valence electrons. The van der Waals surface area contributed by atoms with Crippen LogP contribution in [0.25, 0.3) is 0 Å². The summed E-state index contributed by atoms with van der Waals surface area (Å²) >= 11 is 0. The van der Waals surface area contributed by atoms with Gasteiger partial charge in [-0.25, -0.2) is 9.18 Å². The molecule has 1 N–H and O–H groups in total. The zero-order chi connectivity index (χ0) is 17.4. The number of benzene rings is 2. The van der Waals surface area contributed by atoms with E-state index in [4.69, 9.17) is 14.2 Å². The first-order valence-electron chi connectivity index (χ1n) is 7.05. The van der Waals surface area contributed by atoms with Crippen LogP contribution in [0.1, 0.15) is 0 Å². The number of anilines is 1. The Balaban J connectivity index is 1.74. The normalized spacial score (nSPS) is 9.92. The van der Waals surface area contributed by atoms with Gasteiger partial charge in [-0.1, -0.05) is 12.1 Å². The fourth-order valence-electron chi connectivity index (χ4n) is 1.79. The van der Waals surface area contributed by atoms with Crippen molar-refractivity contribution >= 4 is 17.6 Å². The molecule has 0 unspecified atom stereocenters. The molecule has 2 aromatic carbocycles. The third kappa shape index (κ3) is 5.28. The van der Waals surface area contributed by atoms with Gasteiger partial charge in [0.05, 0.1) is 7.11 Å². The van der Waals surface area contributed by atoms with Crippen LogP contribution in [0.5, 0.6) is 11.5 Å². The molecule has 0 aliphatic heterocycles. The third-order valence-electron chi connectivity index (χ3n) is 2.91. The van der Waals surface area contributed by atoms with E-state index in [9.17, 15) is 14.0 Å². The van der Waals surface area contributed by atoms with E-state index in [-0.39, 0.29) is 6.61 Å². The summed E-state index contributed by atoms with van der Waals surface area (Å²) < 4.78 is 27.9. The predicted molar refractivity (Wildman–Crippen MR) is 84.5 cm³/mol. The molecule has 24 heavy (non-hydrogen) atoms. The van der Waals surface area contributed by atoms with E-state index in [2.05, 4.69) is 5.32 Å². The Morgan fingerprint density at radius 2 is 1.67 bits per heavy atom. The minimum atomic E-state index is -0.699. The summed E-state index contributed by atoms with van der Waals surface area (Å²) in [5.74, 6) is -0.762. The monoisotopic (exact) mass is 333 g/mol. The lowest BCUT2D eigenvalue weighted by Crippen LogP contribution is -2.23. The molecule has 0 saturated carbocycles. The van der Waals surface area contributed by atoms with Gasteiger partial charge < -0.3 is 19.5 Å². The number of methoxy groups -OCH3 is 1. The van der Waals surface area contributed by atoms with Crippen LogP contribution in [0.15, 0.2) is 48.5 Å². The largest absolute Gasteiger partial charge is 0.493 e. The first-order valence-corrected chi connectivity index (χ1v) is 7.05. The molecule has 0 saturated heterocycles. The minimum absolute atomic E-state index is 0.357. The molecule has 2 rings (SSSR count). The van der Waals surface area contributed by atoms with E-state index in [0.29, 0.717) is 17.2 Å². The maximum absolute atomic E-state index is 12.8. The van der Waals surface area contributed by atoms with Gasteiger partial charge >= 0.3 is 5.97 Å². The van der Waals surface area contributed by atoms with Gasteiger partial charge in [-0.15, -0.1) is 0 Å². The summed E-state index contributed by atoms with van der Waals surface area (Å²) in [6, 6.07) is 12.1. The Morgan fingerprint density at radius 3 is 2.33 bits per heavy atom. The van der Waals surface area contributed by atoms with Crippen LogP contribution < -0.4 is 14.8 Å². The quantitative estimate of drug-likeness (QED) is 0.788. The van der Waals surface area contributed by atoms with Gasteiger partial charge in [-0.05, 0) is 36.4 Å². The summed E-state index contributed by atoms with van der Waals surface area (Å²) in [6.45, 7) is -0.824. The number of nitrogens with one attached hydrogen (secondary N) is 1. The first-order chi connectivity index (χ1) is 11.6. The molecule has 2 aromatic rings. The standard InChI is InChI=1S/C17H16FNO5/c1-22-14-4-2-3-5-15(14)23-11-17(21)24-10-16(20)19-13-8-6-12(18)7-9-13/h2-9H,10-11H2,1H3,(H,19,20). The van der Waals surface area contributed by atoms with Crippen LogP contribution >= 0.6 is 0 Å². The second kappa shape index (κ2) is 8.52. The van der Waals surface area contributed by atoms with Gasteiger partial charge in [0.1, 0.15) is 5.82 Å². The van der Waals surface area contributed by atoms with Crippen LogP contribution in [0.4, 0.5) is 10.1 Å². The minimum Gasteiger partial charge on any atom is -0.493 e. The summed E-state index contributed by atoms with van der Waals surface area (Å²) in [6.07, 6.45) is 0. The van der Waals surface area contributed by atoms with E-state index in [1.165, 1.54) is 31.4 Å². The molecule has 6 nitrogen and oxygen atoms in total. The number of carbonyl (C=O) groups is 2. The summed E-state index contributed by atoms with van der Waals surface area (Å²) in [5, 5.41) is 2.47. The van der Waals surface area contributed by atoms with Crippen molar-refractivity contribution in [3.63, 3.8) is 0 Å². The van der Waals surface area contributed by atoms with Crippen molar-refractivity contribution in [2.75, 3.05) is 25.6 Å². The van der Waals surface area contributed by atoms with Gasteiger partial charge in [-0.2, -0.15) is 0 Å². The molecular formula is C17H16FNO5. The topological polar surface area (TPSA) is 73.9 Å². The van der Waals surface area contributed by atoms with E-state index in [0.717, 1.165) is 0 Å². The highest BCUT2D eigenvalue weighted by Gasteiger charge is 2.10. The second-order valence-electron chi connectivity index (χ2n) is 4.66. The number of rotatable bonds is 7. The van der Waals surface area contributed by atoms with Crippen molar-refractivity contribution in [3.8, 4) is 11.5 Å². The SMILES string of the molecule is COc1ccccc1OCC(=O)OCC(=O)Nc1ccc(F)cc1. The maximum atomic E-state index is 12.8. The van der Waals surface area contributed by atoms with E-state index >= 15 is 0 Å². The molecule has 1 amide bonds. The molecule has 0 heterocycles. The molecule has 0 aliphatic rings. The number of para-hydroxylation sites is 2. The average Bonchev–Trinajstić information content (AvgIpc) is 2.60. The lowest BCUT2D eigenvalue weighted by atomic mass is 10.3. The molecule has 0 radical (unpaired) electrons. The highest BCUT2D eigenvalue weighted by molar-refractivity contribution is 5.92. The third-order valence-corrected chi connectivity index (χ3v) is 2.91. The van der Waals surface area contributed by atoms with Crippen molar-refractivity contribution in [1.29, 1.82) is 0 Å². The zero-order valence-electron chi connectivity index (χ0n) is 13.0. The Bertz CT molecular complexity index is 702. The molecule has 0 fully saturated rings. The molecule has 0 aromatic heterocycles. The van der Waals surface area contributed by atoms with E-state index < -0.39 is 24.3 Å². The lowest BCUT2D eigenvalue weighted by Gasteiger charge is -2.10. The van der Waals surface area contributed by atoms with Gasteiger partial charge in [0, 0.05) is 5.69 Å². The molecule has 0 bridgehead atoms. The van der Waals surface area contributed by atoms with Crippen LogP contribution in [-0.4, -0.2) is 32.2 Å². The van der Waals surface area contributed by atoms with Crippen molar-refractivity contribution < 1.29 is 28.2 Å². The van der Waals surface area contributed by atoms with Crippen molar-refractivity contribution in [2.24, 2.45) is 0 Å². The molecule has 0 spiro atoms. The van der Waals surface area contributed by atoms with Crippen LogP contribution in [-0.2, 0) is 14.3 Å². The molecule has 0 atom stereocenters. The summed E-state index contributed by atoms with van der Waals surface area (Å²) in [4.78, 5) is 23.2. The smallest absolute Gasteiger partial charge is 0.344 e. The first kappa shape index (κ1) is 17.3. The predicted octanol–water partition coefficient (Wildman–Crippen LogP) is 2.40. The average molecular weight is 333 g/mol. The van der Waals surface area contributed by atoms with Gasteiger partial charge in [-0.3, -0.25) is 4.79 Å². The number of esters is 1. The van der Waals surface area contributed by atoms with Gasteiger partial charge in [0.15, 0.2) is 24.7 Å². The maximum Gasteiger partial charge on any atom is 0.344 e. The zero-order valence-corrected chi connectivity index (χ0v) is 13.0. The van der Waals surface area contributed by atoms with Crippen molar-refractivity contribution in [2.45, 2.75) is 0 Å². The fourth-order valence-corrected chi connectivity index (χ4v) is 1.79.